The van der Waals surface area contributed by atoms with Crippen LogP contribution in [0.15, 0.2) is 48.5 Å². The van der Waals surface area contributed by atoms with Gasteiger partial charge in [0.25, 0.3) is 0 Å². The fraction of sp³-hybridized carbons (Fsp3) is 0.200. The summed E-state index contributed by atoms with van der Waals surface area (Å²) in [6.45, 7) is 1.00. The lowest BCUT2D eigenvalue weighted by Gasteiger charge is -2.11. The van der Waals surface area contributed by atoms with Crippen LogP contribution < -0.4 is 10.2 Å². The number of hydrogen-bond acceptors (Lipinski definition) is 3. The topological polar surface area (TPSA) is 30.5 Å². The van der Waals surface area contributed by atoms with Crippen LogP contribution in [0.1, 0.15) is 11.1 Å². The normalized spacial score (nSPS) is 10.4. The molecule has 0 saturated heterocycles. The van der Waals surface area contributed by atoms with Crippen molar-refractivity contribution in [2.45, 2.75) is 13.2 Å². The number of rotatable bonds is 6. The lowest BCUT2D eigenvalue weighted by Crippen LogP contribution is -2.14. The van der Waals surface area contributed by atoms with Crippen molar-refractivity contribution in [3.8, 4) is 5.75 Å². The molecule has 0 bridgehead atoms. The maximum absolute atomic E-state index is 6.13. The zero-order chi connectivity index (χ0) is 13.5. The number of hydroxylamine groups is 1. The van der Waals surface area contributed by atoms with E-state index in [9.17, 15) is 0 Å². The van der Waals surface area contributed by atoms with Crippen LogP contribution in [-0.4, -0.2) is 7.11 Å². The minimum atomic E-state index is 0.496. The zero-order valence-electron chi connectivity index (χ0n) is 10.7. The van der Waals surface area contributed by atoms with Crippen LogP contribution in [0.4, 0.5) is 0 Å². The Kier molecular flexibility index (Phi) is 5.21. The molecule has 3 nitrogen and oxygen atoms in total. The Hall–Kier alpha value is -1.55. The molecule has 0 aliphatic rings. The predicted molar refractivity (Wildman–Crippen MR) is 76.1 cm³/mol. The Morgan fingerprint density at radius 2 is 1.84 bits per heavy atom. The molecule has 0 unspecified atom stereocenters. The van der Waals surface area contributed by atoms with Gasteiger partial charge in [0.05, 0.1) is 20.3 Å². The maximum atomic E-state index is 6.13. The molecule has 0 aliphatic carbocycles. The summed E-state index contributed by atoms with van der Waals surface area (Å²) < 4.78 is 5.26. The number of nitrogens with one attached hydrogen (secondary N) is 1. The van der Waals surface area contributed by atoms with E-state index < -0.39 is 0 Å². The molecular weight excluding hydrogens is 262 g/mol. The van der Waals surface area contributed by atoms with Crippen LogP contribution in [-0.2, 0) is 18.0 Å². The van der Waals surface area contributed by atoms with Crippen LogP contribution in [0.5, 0.6) is 5.75 Å². The summed E-state index contributed by atoms with van der Waals surface area (Å²) in [6, 6.07) is 15.5. The Balaban J connectivity index is 1.86. The number of benzene rings is 2. The van der Waals surface area contributed by atoms with Gasteiger partial charge in [0.2, 0.25) is 0 Å². The highest BCUT2D eigenvalue weighted by atomic mass is 35.5. The van der Waals surface area contributed by atoms with Crippen LogP contribution in [0, 0.1) is 0 Å². The Bertz CT molecular complexity index is 517. The van der Waals surface area contributed by atoms with Gasteiger partial charge in [0.15, 0.2) is 0 Å². The first kappa shape index (κ1) is 13.9. The standard InChI is InChI=1S/C15H16ClNO2/c1-18-15-9-5-8-14(16)13(15)10-17-19-11-12-6-3-2-4-7-12/h2-9,17H,10-11H2,1H3. The quantitative estimate of drug-likeness (QED) is 0.647. The second kappa shape index (κ2) is 7.14. The third kappa shape index (κ3) is 3.96. The SMILES string of the molecule is COc1cccc(Cl)c1CNOCc1ccccc1. The zero-order valence-corrected chi connectivity index (χ0v) is 11.5. The molecule has 0 radical (unpaired) electrons. The average Bonchev–Trinajstić information content (AvgIpc) is 2.46. The molecular formula is C15H16ClNO2. The molecule has 0 spiro atoms. The van der Waals surface area contributed by atoms with Gasteiger partial charge in [0, 0.05) is 10.6 Å². The van der Waals surface area contributed by atoms with Crippen molar-refractivity contribution < 1.29 is 9.57 Å². The monoisotopic (exact) mass is 277 g/mol. The van der Waals surface area contributed by atoms with Gasteiger partial charge in [-0.2, -0.15) is 5.48 Å². The first-order valence-electron chi connectivity index (χ1n) is 6.01. The molecule has 1 N–H and O–H groups in total. The fourth-order valence-corrected chi connectivity index (χ4v) is 1.97. The lowest BCUT2D eigenvalue weighted by atomic mass is 10.2. The van der Waals surface area contributed by atoms with Crippen LogP contribution >= 0.6 is 11.6 Å². The second-order valence-corrected chi connectivity index (χ2v) is 4.42. The van der Waals surface area contributed by atoms with Crippen molar-refractivity contribution >= 4 is 11.6 Å². The first-order chi connectivity index (χ1) is 9.31. The molecule has 4 heteroatoms. The van der Waals surface area contributed by atoms with Gasteiger partial charge >= 0.3 is 0 Å². The number of ether oxygens (including phenoxy) is 1. The molecule has 2 rings (SSSR count). The van der Waals surface area contributed by atoms with E-state index in [2.05, 4.69) is 5.48 Å². The van der Waals surface area contributed by atoms with E-state index in [1.165, 1.54) is 0 Å². The largest absolute Gasteiger partial charge is 0.496 e. The van der Waals surface area contributed by atoms with E-state index in [1.807, 2.05) is 48.5 Å². The van der Waals surface area contributed by atoms with Gasteiger partial charge in [-0.25, -0.2) is 0 Å². The summed E-state index contributed by atoms with van der Waals surface area (Å²) in [6.07, 6.45) is 0. The van der Waals surface area contributed by atoms with E-state index >= 15 is 0 Å². The molecule has 19 heavy (non-hydrogen) atoms. The summed E-state index contributed by atoms with van der Waals surface area (Å²) in [5, 5.41) is 0.662. The van der Waals surface area contributed by atoms with Crippen molar-refractivity contribution in [1.29, 1.82) is 0 Å². The molecule has 0 saturated carbocycles. The van der Waals surface area contributed by atoms with Gasteiger partial charge in [-0.05, 0) is 17.7 Å². The number of hydrogen-bond donors (Lipinski definition) is 1. The Morgan fingerprint density at radius 1 is 1.05 bits per heavy atom. The van der Waals surface area contributed by atoms with E-state index in [1.54, 1.807) is 7.11 Å². The van der Waals surface area contributed by atoms with Crippen molar-refractivity contribution in [2.24, 2.45) is 0 Å². The fourth-order valence-electron chi connectivity index (χ4n) is 1.73. The van der Waals surface area contributed by atoms with Gasteiger partial charge < -0.3 is 4.74 Å². The molecule has 0 fully saturated rings. The molecule has 0 amide bonds. The van der Waals surface area contributed by atoms with Crippen LogP contribution in [0.2, 0.25) is 5.02 Å². The highest BCUT2D eigenvalue weighted by molar-refractivity contribution is 6.31. The van der Waals surface area contributed by atoms with Crippen LogP contribution in [0.3, 0.4) is 0 Å². The third-order valence-electron chi connectivity index (χ3n) is 2.73. The Labute approximate surface area is 118 Å². The highest BCUT2D eigenvalue weighted by Gasteiger charge is 2.06. The van der Waals surface area contributed by atoms with Crippen molar-refractivity contribution in [3.05, 3.63) is 64.7 Å². The first-order valence-corrected chi connectivity index (χ1v) is 6.39. The van der Waals surface area contributed by atoms with E-state index in [0.29, 0.717) is 18.2 Å². The van der Waals surface area contributed by atoms with Crippen molar-refractivity contribution in [3.63, 3.8) is 0 Å². The van der Waals surface area contributed by atoms with Gasteiger partial charge in [-0.1, -0.05) is 48.0 Å². The predicted octanol–water partition coefficient (Wildman–Crippen LogP) is 3.57. The summed E-state index contributed by atoms with van der Waals surface area (Å²) in [7, 11) is 1.62. The van der Waals surface area contributed by atoms with Gasteiger partial charge in [0.1, 0.15) is 5.75 Å². The molecule has 0 atom stereocenters. The minimum absolute atomic E-state index is 0.496. The van der Waals surface area contributed by atoms with Crippen LogP contribution in [0.25, 0.3) is 0 Å². The average molecular weight is 278 g/mol. The summed E-state index contributed by atoms with van der Waals surface area (Å²) in [5.74, 6) is 0.753. The maximum Gasteiger partial charge on any atom is 0.124 e. The molecule has 2 aromatic rings. The second-order valence-electron chi connectivity index (χ2n) is 4.02. The number of halogens is 1. The van der Waals surface area contributed by atoms with Gasteiger partial charge in [-0.3, -0.25) is 4.84 Å². The third-order valence-corrected chi connectivity index (χ3v) is 3.08. The smallest absolute Gasteiger partial charge is 0.124 e. The molecule has 0 heterocycles. The molecule has 0 aliphatic heterocycles. The summed E-state index contributed by atoms with van der Waals surface area (Å²) >= 11 is 6.13. The lowest BCUT2D eigenvalue weighted by molar-refractivity contribution is 0.0232. The van der Waals surface area contributed by atoms with E-state index in [0.717, 1.165) is 16.9 Å². The molecule has 100 valence electrons. The Morgan fingerprint density at radius 3 is 2.58 bits per heavy atom. The van der Waals surface area contributed by atoms with Crippen molar-refractivity contribution in [1.82, 2.24) is 5.48 Å². The molecule has 0 aromatic heterocycles. The molecule has 2 aromatic carbocycles. The van der Waals surface area contributed by atoms with E-state index in [4.69, 9.17) is 21.2 Å². The highest BCUT2D eigenvalue weighted by Crippen LogP contribution is 2.25. The van der Waals surface area contributed by atoms with E-state index in [-0.39, 0.29) is 0 Å². The van der Waals surface area contributed by atoms with Gasteiger partial charge in [-0.15, -0.1) is 0 Å². The van der Waals surface area contributed by atoms with Crippen molar-refractivity contribution in [2.75, 3.05) is 7.11 Å². The minimum Gasteiger partial charge on any atom is -0.496 e. The summed E-state index contributed by atoms with van der Waals surface area (Å²) in [4.78, 5) is 5.41. The summed E-state index contributed by atoms with van der Waals surface area (Å²) in [5.41, 5.74) is 4.90. The number of methoxy groups -OCH3 is 1.